The Labute approximate surface area is 41.8 Å². The van der Waals surface area contributed by atoms with E-state index in [4.69, 9.17) is 4.79 Å². The van der Waals surface area contributed by atoms with Gasteiger partial charge in [-0.2, -0.15) is 0 Å². The first kappa shape index (κ1) is 9.30. The van der Waals surface area contributed by atoms with E-state index in [-0.39, 0.29) is 0 Å². The number of carbonyl (C=O) groups is 2. The van der Waals surface area contributed by atoms with E-state index >= 15 is 0 Å². The number of primary amides is 1. The maximum atomic E-state index is 9.47. The zero-order chi connectivity index (χ0) is 6.28. The number of carbonyl (C=O) groups excluding carboxylic acids is 2. The van der Waals surface area contributed by atoms with Gasteiger partial charge in [-0.15, -0.1) is 0 Å². The van der Waals surface area contributed by atoms with E-state index in [1.807, 2.05) is 6.79 Å². The zero-order valence-electron chi connectivity index (χ0n) is 3.89. The van der Waals surface area contributed by atoms with Gasteiger partial charge in [-0.3, -0.25) is 4.79 Å². The van der Waals surface area contributed by atoms with Gasteiger partial charge in [0.25, 0.3) is 0 Å². The van der Waals surface area contributed by atoms with Crippen molar-refractivity contribution >= 4 is 12.7 Å². The Morgan fingerprint density at radius 3 is 1.71 bits per heavy atom. The highest BCUT2D eigenvalue weighted by atomic mass is 16.1. The summed E-state index contributed by atoms with van der Waals surface area (Å²) >= 11 is 0. The lowest BCUT2D eigenvalue weighted by Gasteiger charge is -1.65. The summed E-state index contributed by atoms with van der Waals surface area (Å²) < 4.78 is 0. The van der Waals surface area contributed by atoms with Gasteiger partial charge < -0.3 is 10.5 Å². The molecule has 0 aromatic rings. The third-order valence-electron chi connectivity index (χ3n) is 0.201. The molecule has 3 heteroatoms. The van der Waals surface area contributed by atoms with Crippen molar-refractivity contribution in [2.45, 2.75) is 0 Å². The maximum Gasteiger partial charge on any atom is 0.240 e. The molecule has 0 spiro atoms. The summed E-state index contributed by atoms with van der Waals surface area (Å²) in [6.45, 7) is 5.09. The molecule has 0 heterocycles. The number of hydrogen-bond acceptors (Lipinski definition) is 2. The summed E-state index contributed by atoms with van der Waals surface area (Å²) in [6.07, 6.45) is 1.06. The molecule has 0 aromatic heterocycles. The third kappa shape index (κ3) is 52.3. The Kier molecular flexibility index (Phi) is 11.8. The second kappa shape index (κ2) is 8.86. The van der Waals surface area contributed by atoms with E-state index in [1.54, 1.807) is 0 Å². The molecule has 7 heavy (non-hydrogen) atoms. The van der Waals surface area contributed by atoms with E-state index in [0.29, 0.717) is 0 Å². The molecule has 0 aliphatic rings. The van der Waals surface area contributed by atoms with Crippen LogP contribution in [0, 0.1) is 0 Å². The molecular weight excluding hydrogens is 94.0 g/mol. The van der Waals surface area contributed by atoms with Crippen LogP contribution in [-0.4, -0.2) is 12.7 Å². The van der Waals surface area contributed by atoms with Gasteiger partial charge in [0.1, 0.15) is 6.79 Å². The predicted octanol–water partition coefficient (Wildman–Crippen LogP) is -0.527. The van der Waals surface area contributed by atoms with Crippen molar-refractivity contribution in [1.82, 2.24) is 0 Å². The molecule has 3 nitrogen and oxygen atoms in total. The van der Waals surface area contributed by atoms with E-state index in [1.165, 1.54) is 0 Å². The fourth-order valence-electron chi connectivity index (χ4n) is 0. The standard InChI is InChI=1S/C3H5NO.CH2O/c1-2-3(4)5;1-2/h2H,1H2,(H2,4,5);1H2. The summed E-state index contributed by atoms with van der Waals surface area (Å²) in [5, 5.41) is 0. The maximum absolute atomic E-state index is 9.47. The Balaban J connectivity index is 0. The molecule has 0 bridgehead atoms. The normalized spacial score (nSPS) is 5.14. The Morgan fingerprint density at radius 1 is 1.57 bits per heavy atom. The number of amides is 1. The molecule has 40 valence electrons. The third-order valence-corrected chi connectivity index (χ3v) is 0.201. The molecule has 0 saturated heterocycles. The average Bonchev–Trinajstić information content (AvgIpc) is 1.73. The van der Waals surface area contributed by atoms with Gasteiger partial charge in [-0.1, -0.05) is 6.58 Å². The van der Waals surface area contributed by atoms with Crippen molar-refractivity contribution in [1.29, 1.82) is 0 Å². The highest BCUT2D eigenvalue weighted by Gasteiger charge is 1.69. The van der Waals surface area contributed by atoms with Crippen molar-refractivity contribution in [3.8, 4) is 0 Å². The van der Waals surface area contributed by atoms with Gasteiger partial charge in [0.2, 0.25) is 5.91 Å². The lowest BCUT2D eigenvalue weighted by molar-refractivity contribution is -0.113. The summed E-state index contributed by atoms with van der Waals surface area (Å²) in [4.78, 5) is 17.5. The minimum Gasteiger partial charge on any atom is -0.366 e. The second-order valence-corrected chi connectivity index (χ2v) is 0.606. The van der Waals surface area contributed by atoms with Crippen molar-refractivity contribution in [2.24, 2.45) is 5.73 Å². The van der Waals surface area contributed by atoms with Crippen LogP contribution in [0.3, 0.4) is 0 Å². The zero-order valence-corrected chi connectivity index (χ0v) is 3.89. The lowest BCUT2D eigenvalue weighted by atomic mass is 10.6. The SMILES string of the molecule is C=CC(N)=O.C=O. The molecule has 2 N–H and O–H groups in total. The van der Waals surface area contributed by atoms with Gasteiger partial charge in [-0.05, 0) is 6.08 Å². The molecule has 0 aliphatic heterocycles. The molecule has 0 radical (unpaired) electrons. The molecule has 0 saturated carbocycles. The molecule has 1 amide bonds. The van der Waals surface area contributed by atoms with Crippen LogP contribution >= 0.6 is 0 Å². The first-order chi connectivity index (χ1) is 3.27. The molecule has 0 aromatic carbocycles. The molecule has 0 fully saturated rings. The molecule has 0 atom stereocenters. The van der Waals surface area contributed by atoms with Crippen LogP contribution in [0.25, 0.3) is 0 Å². The number of rotatable bonds is 1. The number of hydrogen-bond donors (Lipinski definition) is 1. The number of nitrogens with two attached hydrogens (primary N) is 1. The second-order valence-electron chi connectivity index (χ2n) is 0.606. The van der Waals surface area contributed by atoms with Gasteiger partial charge in [-0.25, -0.2) is 0 Å². The van der Waals surface area contributed by atoms with E-state index in [0.717, 1.165) is 6.08 Å². The van der Waals surface area contributed by atoms with Crippen LogP contribution in [0.2, 0.25) is 0 Å². The van der Waals surface area contributed by atoms with Crippen LogP contribution < -0.4 is 5.73 Å². The Bertz CT molecular complexity index is 70.1. The van der Waals surface area contributed by atoms with Crippen molar-refractivity contribution in [3.05, 3.63) is 12.7 Å². The van der Waals surface area contributed by atoms with Crippen LogP contribution in [0.5, 0.6) is 0 Å². The Morgan fingerprint density at radius 2 is 1.71 bits per heavy atom. The largest absolute Gasteiger partial charge is 0.366 e. The average molecular weight is 101 g/mol. The minimum absolute atomic E-state index is 0.481. The topological polar surface area (TPSA) is 60.2 Å². The summed E-state index contributed by atoms with van der Waals surface area (Å²) in [5.74, 6) is -0.481. The van der Waals surface area contributed by atoms with Gasteiger partial charge in [0.05, 0.1) is 0 Å². The quantitative estimate of drug-likeness (QED) is 0.451. The molecule has 0 unspecified atom stereocenters. The fourth-order valence-corrected chi connectivity index (χ4v) is 0. The van der Waals surface area contributed by atoms with Crippen molar-refractivity contribution in [3.63, 3.8) is 0 Å². The first-order valence-electron chi connectivity index (χ1n) is 1.48. The van der Waals surface area contributed by atoms with Crippen LogP contribution in [-0.2, 0) is 9.59 Å². The van der Waals surface area contributed by atoms with E-state index < -0.39 is 5.91 Å². The highest BCUT2D eigenvalue weighted by molar-refractivity contribution is 5.84. The predicted molar refractivity (Wildman–Crippen MR) is 26.5 cm³/mol. The monoisotopic (exact) mass is 101 g/mol. The fraction of sp³-hybridized carbons (Fsp3) is 0. The lowest BCUT2D eigenvalue weighted by Crippen LogP contribution is -2.04. The van der Waals surface area contributed by atoms with Gasteiger partial charge in [0.15, 0.2) is 0 Å². The van der Waals surface area contributed by atoms with Crippen molar-refractivity contribution in [2.75, 3.05) is 0 Å². The summed E-state index contributed by atoms with van der Waals surface area (Å²) in [6, 6.07) is 0. The molecule has 0 aliphatic carbocycles. The van der Waals surface area contributed by atoms with Crippen molar-refractivity contribution < 1.29 is 9.59 Å². The summed E-state index contributed by atoms with van der Waals surface area (Å²) in [7, 11) is 0. The minimum atomic E-state index is -0.481. The van der Waals surface area contributed by atoms with E-state index in [9.17, 15) is 4.79 Å². The van der Waals surface area contributed by atoms with E-state index in [2.05, 4.69) is 12.3 Å². The summed E-state index contributed by atoms with van der Waals surface area (Å²) in [5.41, 5.74) is 4.53. The van der Waals surface area contributed by atoms with Gasteiger partial charge in [0, 0.05) is 0 Å². The van der Waals surface area contributed by atoms with Crippen LogP contribution in [0.4, 0.5) is 0 Å². The molecule has 0 rings (SSSR count). The van der Waals surface area contributed by atoms with Crippen LogP contribution in [0.1, 0.15) is 0 Å². The Hall–Kier alpha value is -1.12. The highest BCUT2D eigenvalue weighted by Crippen LogP contribution is 1.48. The first-order valence-corrected chi connectivity index (χ1v) is 1.48. The van der Waals surface area contributed by atoms with Crippen LogP contribution in [0.15, 0.2) is 12.7 Å². The van der Waals surface area contributed by atoms with Gasteiger partial charge >= 0.3 is 0 Å². The molecular formula is C4H7NO2. The smallest absolute Gasteiger partial charge is 0.240 e.